The summed E-state index contributed by atoms with van der Waals surface area (Å²) in [6.07, 6.45) is 3.20. The largest absolute Gasteiger partial charge is 0.337 e. The van der Waals surface area contributed by atoms with E-state index in [1.165, 1.54) is 6.20 Å². The Kier molecular flexibility index (Phi) is 4.29. The zero-order valence-corrected chi connectivity index (χ0v) is 14.4. The van der Waals surface area contributed by atoms with Crippen molar-refractivity contribution in [1.82, 2.24) is 19.3 Å². The minimum Gasteiger partial charge on any atom is -0.337 e. The summed E-state index contributed by atoms with van der Waals surface area (Å²) < 4.78 is 29.0. The number of rotatable bonds is 5. The summed E-state index contributed by atoms with van der Waals surface area (Å²) in [4.78, 5) is 9.44. The van der Waals surface area contributed by atoms with Crippen LogP contribution in [0.3, 0.4) is 0 Å². The Bertz CT molecular complexity index is 895. The van der Waals surface area contributed by atoms with Crippen LogP contribution in [0.25, 0.3) is 10.6 Å². The molecule has 0 aromatic carbocycles. The van der Waals surface area contributed by atoms with Crippen LogP contribution >= 0.6 is 11.3 Å². The van der Waals surface area contributed by atoms with Gasteiger partial charge >= 0.3 is 0 Å². The Balaban J connectivity index is 1.84. The molecule has 0 unspecified atom stereocenters. The number of thiophene rings is 1. The van der Waals surface area contributed by atoms with E-state index >= 15 is 0 Å². The molecule has 0 atom stereocenters. The van der Waals surface area contributed by atoms with Crippen LogP contribution in [0.5, 0.6) is 0 Å². The molecule has 3 aromatic rings. The molecule has 120 valence electrons. The molecule has 6 nitrogen and oxygen atoms in total. The Hall–Kier alpha value is -2.03. The molecule has 0 saturated heterocycles. The van der Waals surface area contributed by atoms with E-state index in [1.807, 2.05) is 23.6 Å². The van der Waals surface area contributed by atoms with Crippen LogP contribution in [0.4, 0.5) is 0 Å². The Morgan fingerprint density at radius 2 is 2.13 bits per heavy atom. The molecule has 8 heteroatoms. The number of sulfonamides is 1. The highest BCUT2D eigenvalue weighted by atomic mass is 32.2. The lowest BCUT2D eigenvalue weighted by molar-refractivity contribution is 0.578. The third-order valence-corrected chi connectivity index (χ3v) is 5.61. The summed E-state index contributed by atoms with van der Waals surface area (Å²) in [5.74, 6) is 0.644. The van der Waals surface area contributed by atoms with Gasteiger partial charge in [-0.3, -0.25) is 4.98 Å². The van der Waals surface area contributed by atoms with Crippen LogP contribution in [0.1, 0.15) is 11.4 Å². The fraction of sp³-hybridized carbons (Fsp3) is 0.200. The molecule has 0 saturated carbocycles. The van der Waals surface area contributed by atoms with Crippen molar-refractivity contribution >= 4 is 21.4 Å². The van der Waals surface area contributed by atoms with Gasteiger partial charge in [-0.15, -0.1) is 11.3 Å². The molecule has 0 radical (unpaired) electrons. The predicted molar refractivity (Wildman–Crippen MR) is 89.5 cm³/mol. The van der Waals surface area contributed by atoms with E-state index in [1.54, 1.807) is 42.1 Å². The summed E-state index contributed by atoms with van der Waals surface area (Å²) in [5, 5.41) is 1.99. The maximum Gasteiger partial charge on any atom is 0.259 e. The topological polar surface area (TPSA) is 76.9 Å². The number of imidazole rings is 1. The highest BCUT2D eigenvalue weighted by Crippen LogP contribution is 2.26. The Morgan fingerprint density at radius 3 is 2.78 bits per heavy atom. The molecule has 0 aliphatic rings. The standard InChI is InChI=1S/C15H16N4O2S2/c1-11-18-14(10-19(11)2)23(20,21)17-9-12-5-3-7-16-15(12)13-6-4-8-22-13/h3-8,10,17H,9H2,1-2H3. The summed E-state index contributed by atoms with van der Waals surface area (Å²) >= 11 is 1.57. The van der Waals surface area contributed by atoms with E-state index in [0.29, 0.717) is 5.82 Å². The quantitative estimate of drug-likeness (QED) is 0.768. The fourth-order valence-corrected chi connectivity index (χ4v) is 3.92. The predicted octanol–water partition coefficient (Wildman–Crippen LogP) is 2.33. The van der Waals surface area contributed by atoms with Crippen molar-refractivity contribution in [2.24, 2.45) is 7.05 Å². The minimum atomic E-state index is -3.65. The number of nitrogens with zero attached hydrogens (tertiary/aromatic N) is 3. The lowest BCUT2D eigenvalue weighted by Gasteiger charge is -2.08. The molecule has 0 amide bonds. The smallest absolute Gasteiger partial charge is 0.259 e. The van der Waals surface area contributed by atoms with E-state index in [4.69, 9.17) is 0 Å². The van der Waals surface area contributed by atoms with Crippen molar-refractivity contribution in [3.8, 4) is 10.6 Å². The first-order chi connectivity index (χ1) is 11.0. The monoisotopic (exact) mass is 348 g/mol. The minimum absolute atomic E-state index is 0.0269. The van der Waals surface area contributed by atoms with Crippen molar-refractivity contribution in [3.63, 3.8) is 0 Å². The van der Waals surface area contributed by atoms with Crippen LogP contribution in [0.2, 0.25) is 0 Å². The molecule has 3 rings (SSSR count). The van der Waals surface area contributed by atoms with Gasteiger partial charge in [0.1, 0.15) is 5.82 Å². The van der Waals surface area contributed by atoms with E-state index in [2.05, 4.69) is 14.7 Å². The van der Waals surface area contributed by atoms with Crippen molar-refractivity contribution in [2.75, 3.05) is 0 Å². The first-order valence-electron chi connectivity index (χ1n) is 6.95. The van der Waals surface area contributed by atoms with Crippen molar-refractivity contribution in [2.45, 2.75) is 18.5 Å². The molecule has 0 aliphatic heterocycles. The van der Waals surface area contributed by atoms with Gasteiger partial charge in [-0.2, -0.15) is 0 Å². The van der Waals surface area contributed by atoms with Crippen LogP contribution in [-0.2, 0) is 23.6 Å². The number of pyridine rings is 1. The Morgan fingerprint density at radius 1 is 1.30 bits per heavy atom. The van der Waals surface area contributed by atoms with E-state index in [-0.39, 0.29) is 11.6 Å². The first kappa shape index (κ1) is 15.9. The van der Waals surface area contributed by atoms with Gasteiger partial charge < -0.3 is 4.57 Å². The first-order valence-corrected chi connectivity index (χ1v) is 9.31. The van der Waals surface area contributed by atoms with Crippen molar-refractivity contribution in [3.05, 3.63) is 53.4 Å². The lowest BCUT2D eigenvalue weighted by atomic mass is 10.2. The average Bonchev–Trinajstić information content (AvgIpc) is 3.17. The molecular weight excluding hydrogens is 332 g/mol. The molecule has 0 spiro atoms. The second-order valence-electron chi connectivity index (χ2n) is 5.05. The lowest BCUT2D eigenvalue weighted by Crippen LogP contribution is -2.24. The summed E-state index contributed by atoms with van der Waals surface area (Å²) in [5.41, 5.74) is 1.62. The second-order valence-corrected chi connectivity index (χ2v) is 7.71. The third-order valence-electron chi connectivity index (χ3n) is 3.46. The van der Waals surface area contributed by atoms with E-state index in [0.717, 1.165) is 16.1 Å². The zero-order chi connectivity index (χ0) is 16.4. The highest BCUT2D eigenvalue weighted by Gasteiger charge is 2.19. The molecule has 1 N–H and O–H groups in total. The van der Waals surface area contributed by atoms with Gasteiger partial charge in [-0.25, -0.2) is 18.1 Å². The maximum atomic E-state index is 12.4. The van der Waals surface area contributed by atoms with Crippen molar-refractivity contribution in [1.29, 1.82) is 0 Å². The summed E-state index contributed by atoms with van der Waals surface area (Å²) in [7, 11) is -1.89. The van der Waals surface area contributed by atoms with Gasteiger partial charge in [-0.1, -0.05) is 12.1 Å². The van der Waals surface area contributed by atoms with E-state index in [9.17, 15) is 8.42 Å². The number of aryl methyl sites for hydroxylation is 2. The zero-order valence-electron chi connectivity index (χ0n) is 12.7. The SMILES string of the molecule is Cc1nc(S(=O)(=O)NCc2cccnc2-c2cccs2)cn1C. The van der Waals surface area contributed by atoms with Crippen LogP contribution in [-0.4, -0.2) is 23.0 Å². The van der Waals surface area contributed by atoms with Gasteiger partial charge in [0, 0.05) is 26.0 Å². The van der Waals surface area contributed by atoms with Crippen LogP contribution in [0, 0.1) is 6.92 Å². The molecule has 0 aliphatic carbocycles. The molecule has 0 fully saturated rings. The average molecular weight is 348 g/mol. The maximum absolute atomic E-state index is 12.4. The Labute approximate surface area is 138 Å². The normalized spacial score (nSPS) is 11.7. The molecule has 3 heterocycles. The highest BCUT2D eigenvalue weighted by molar-refractivity contribution is 7.89. The number of nitrogens with one attached hydrogen (secondary N) is 1. The molecular formula is C15H16N4O2S2. The molecule has 3 aromatic heterocycles. The third kappa shape index (κ3) is 3.34. The summed E-state index contributed by atoms with van der Waals surface area (Å²) in [6, 6.07) is 7.58. The summed E-state index contributed by atoms with van der Waals surface area (Å²) in [6.45, 7) is 1.92. The van der Waals surface area contributed by atoms with Gasteiger partial charge in [-0.05, 0) is 30.0 Å². The molecule has 0 bridgehead atoms. The van der Waals surface area contributed by atoms with E-state index < -0.39 is 10.0 Å². The number of aromatic nitrogens is 3. The van der Waals surface area contributed by atoms with Gasteiger partial charge in [0.15, 0.2) is 5.03 Å². The second kappa shape index (κ2) is 6.23. The van der Waals surface area contributed by atoms with Crippen molar-refractivity contribution < 1.29 is 8.42 Å². The van der Waals surface area contributed by atoms with Gasteiger partial charge in [0.05, 0.1) is 10.6 Å². The van der Waals surface area contributed by atoms with Crippen LogP contribution < -0.4 is 4.72 Å². The fourth-order valence-electron chi connectivity index (χ4n) is 2.12. The van der Waals surface area contributed by atoms with Gasteiger partial charge in [0.25, 0.3) is 10.0 Å². The molecule has 23 heavy (non-hydrogen) atoms. The number of hydrogen-bond donors (Lipinski definition) is 1. The number of hydrogen-bond acceptors (Lipinski definition) is 5. The van der Waals surface area contributed by atoms with Gasteiger partial charge in [0.2, 0.25) is 0 Å². The van der Waals surface area contributed by atoms with Crippen LogP contribution in [0.15, 0.2) is 47.1 Å².